The number of hydrogen-bond donors (Lipinski definition) is 0. The highest BCUT2D eigenvalue weighted by atomic mass is 19.1. The van der Waals surface area contributed by atoms with Gasteiger partial charge in [0.1, 0.15) is 5.82 Å². The molecule has 104 valence electrons. The lowest BCUT2D eigenvalue weighted by molar-refractivity contribution is -0.0570. The largest absolute Gasteiger partial charge is 0.373 e. The fraction of sp³-hybridized carbons (Fsp3) is 0.625. The number of halogens is 1. The molecule has 0 amide bonds. The average molecular weight is 263 g/mol. The normalized spacial score (nSPS) is 31.4. The summed E-state index contributed by atoms with van der Waals surface area (Å²) in [5.74, 6) is -0.157. The molecular formula is C16H22FNO. The van der Waals surface area contributed by atoms with E-state index in [1.807, 2.05) is 12.1 Å². The van der Waals surface area contributed by atoms with Crippen molar-refractivity contribution in [2.45, 2.75) is 56.9 Å². The number of benzene rings is 1. The van der Waals surface area contributed by atoms with Gasteiger partial charge in [0, 0.05) is 17.6 Å². The predicted molar refractivity (Wildman–Crippen MR) is 73.4 cm³/mol. The van der Waals surface area contributed by atoms with Gasteiger partial charge in [-0.15, -0.1) is 0 Å². The molecule has 2 saturated heterocycles. The van der Waals surface area contributed by atoms with Crippen LogP contribution in [0.2, 0.25) is 0 Å². The Bertz CT molecular complexity index is 423. The molecule has 3 atom stereocenters. The average Bonchev–Trinajstić information content (AvgIpc) is 2.38. The topological polar surface area (TPSA) is 12.5 Å². The Hall–Kier alpha value is -0.930. The predicted octanol–water partition coefficient (Wildman–Crippen LogP) is 3.36. The van der Waals surface area contributed by atoms with Gasteiger partial charge >= 0.3 is 0 Å². The highest BCUT2D eigenvalue weighted by molar-refractivity contribution is 5.16. The number of ether oxygens (including phenoxy) is 1. The smallest absolute Gasteiger partial charge is 0.128 e. The molecule has 2 bridgehead atoms. The molecule has 0 saturated carbocycles. The number of fused-ring (bicyclic) bond motifs is 2. The Labute approximate surface area is 114 Å². The van der Waals surface area contributed by atoms with E-state index >= 15 is 0 Å². The third kappa shape index (κ3) is 2.82. The van der Waals surface area contributed by atoms with Crippen LogP contribution in [0.1, 0.15) is 37.7 Å². The summed E-state index contributed by atoms with van der Waals surface area (Å²) in [6.07, 6.45) is 6.41. The second kappa shape index (κ2) is 5.59. The number of rotatable bonds is 3. The summed E-state index contributed by atoms with van der Waals surface area (Å²) in [6, 6.07) is 8.23. The van der Waals surface area contributed by atoms with Crippen LogP contribution in [-0.2, 0) is 11.3 Å². The molecule has 2 nitrogen and oxygen atoms in total. The summed E-state index contributed by atoms with van der Waals surface area (Å²) in [4.78, 5) is 2.52. The second-order valence-electron chi connectivity index (χ2n) is 5.90. The first kappa shape index (κ1) is 13.1. The molecule has 0 N–H and O–H groups in total. The molecule has 2 heterocycles. The quantitative estimate of drug-likeness (QED) is 0.829. The molecule has 0 aliphatic carbocycles. The Morgan fingerprint density at radius 1 is 1.21 bits per heavy atom. The molecule has 3 rings (SSSR count). The Morgan fingerprint density at radius 2 is 1.89 bits per heavy atom. The zero-order chi connectivity index (χ0) is 13.2. The Morgan fingerprint density at radius 3 is 2.58 bits per heavy atom. The van der Waals surface area contributed by atoms with Crippen LogP contribution in [0.5, 0.6) is 0 Å². The van der Waals surface area contributed by atoms with Gasteiger partial charge in [0.15, 0.2) is 0 Å². The zero-order valence-electron chi connectivity index (χ0n) is 11.5. The first-order chi connectivity index (χ1) is 9.24. The molecule has 2 aliphatic heterocycles. The minimum Gasteiger partial charge on any atom is -0.373 e. The van der Waals surface area contributed by atoms with Gasteiger partial charge in [0.05, 0.1) is 12.7 Å². The standard InChI is InChI=1S/C16H22FNO/c1-18-13-6-4-7-14(18)10-15(9-13)19-11-12-5-2-3-8-16(12)17/h2-3,5,8,13-15H,4,6-7,9-11H2,1H3/t13-,14+,15+. The van der Waals surface area contributed by atoms with Crippen molar-refractivity contribution in [1.29, 1.82) is 0 Å². The van der Waals surface area contributed by atoms with Gasteiger partial charge in [-0.25, -0.2) is 4.39 Å². The van der Waals surface area contributed by atoms with Crippen LogP contribution in [0.25, 0.3) is 0 Å². The highest BCUT2D eigenvalue weighted by Gasteiger charge is 2.36. The van der Waals surface area contributed by atoms with E-state index in [1.54, 1.807) is 6.07 Å². The summed E-state index contributed by atoms with van der Waals surface area (Å²) in [5.41, 5.74) is 0.673. The lowest BCUT2D eigenvalue weighted by Crippen LogP contribution is -2.51. The fourth-order valence-electron chi connectivity index (χ4n) is 3.53. The molecule has 0 radical (unpaired) electrons. The van der Waals surface area contributed by atoms with E-state index in [1.165, 1.54) is 25.3 Å². The maximum atomic E-state index is 13.5. The molecule has 19 heavy (non-hydrogen) atoms. The van der Waals surface area contributed by atoms with Crippen molar-refractivity contribution in [2.24, 2.45) is 0 Å². The molecule has 2 aliphatic rings. The summed E-state index contributed by atoms with van der Waals surface area (Å²) in [7, 11) is 2.24. The van der Waals surface area contributed by atoms with Crippen molar-refractivity contribution in [3.8, 4) is 0 Å². The van der Waals surface area contributed by atoms with E-state index in [4.69, 9.17) is 4.74 Å². The van der Waals surface area contributed by atoms with Crippen LogP contribution in [0, 0.1) is 5.82 Å². The lowest BCUT2D eigenvalue weighted by atomic mass is 9.83. The van der Waals surface area contributed by atoms with Crippen LogP contribution in [-0.4, -0.2) is 30.1 Å². The zero-order valence-corrected chi connectivity index (χ0v) is 11.5. The molecule has 1 aromatic carbocycles. The van der Waals surface area contributed by atoms with Crippen molar-refractivity contribution < 1.29 is 9.13 Å². The fourth-order valence-corrected chi connectivity index (χ4v) is 3.53. The van der Waals surface area contributed by atoms with Gasteiger partial charge in [-0.1, -0.05) is 24.6 Å². The van der Waals surface area contributed by atoms with Crippen molar-refractivity contribution in [1.82, 2.24) is 4.90 Å². The van der Waals surface area contributed by atoms with Gasteiger partial charge in [-0.05, 0) is 38.8 Å². The SMILES string of the molecule is CN1[C@@H]2CCC[C@H]1C[C@@H](OCc1ccccc1F)C2. The van der Waals surface area contributed by atoms with E-state index in [2.05, 4.69) is 11.9 Å². The van der Waals surface area contributed by atoms with E-state index < -0.39 is 0 Å². The van der Waals surface area contributed by atoms with E-state index in [-0.39, 0.29) is 5.82 Å². The minimum absolute atomic E-state index is 0.157. The molecule has 0 unspecified atom stereocenters. The maximum Gasteiger partial charge on any atom is 0.128 e. The third-order valence-electron chi connectivity index (χ3n) is 4.73. The molecular weight excluding hydrogens is 241 g/mol. The first-order valence-electron chi connectivity index (χ1n) is 7.31. The van der Waals surface area contributed by atoms with Gasteiger partial charge < -0.3 is 9.64 Å². The van der Waals surface area contributed by atoms with Crippen molar-refractivity contribution in [3.05, 3.63) is 35.6 Å². The van der Waals surface area contributed by atoms with Gasteiger partial charge in [-0.3, -0.25) is 0 Å². The van der Waals surface area contributed by atoms with Crippen molar-refractivity contribution in [2.75, 3.05) is 7.05 Å². The van der Waals surface area contributed by atoms with Gasteiger partial charge in [0.2, 0.25) is 0 Å². The molecule has 1 aromatic rings. The van der Waals surface area contributed by atoms with E-state index in [0.29, 0.717) is 30.4 Å². The molecule has 3 heteroatoms. The van der Waals surface area contributed by atoms with Crippen LogP contribution >= 0.6 is 0 Å². The number of piperidine rings is 2. The summed E-state index contributed by atoms with van der Waals surface area (Å²) < 4.78 is 19.5. The maximum absolute atomic E-state index is 13.5. The summed E-state index contributed by atoms with van der Waals surface area (Å²) >= 11 is 0. The van der Waals surface area contributed by atoms with E-state index in [0.717, 1.165) is 12.8 Å². The molecule has 0 aromatic heterocycles. The van der Waals surface area contributed by atoms with Crippen LogP contribution in [0.3, 0.4) is 0 Å². The summed E-state index contributed by atoms with van der Waals surface area (Å²) in [5, 5.41) is 0. The Kier molecular flexibility index (Phi) is 3.85. The van der Waals surface area contributed by atoms with Gasteiger partial charge in [0.25, 0.3) is 0 Å². The minimum atomic E-state index is -0.157. The number of hydrogen-bond acceptors (Lipinski definition) is 2. The van der Waals surface area contributed by atoms with E-state index in [9.17, 15) is 4.39 Å². The highest BCUT2D eigenvalue weighted by Crippen LogP contribution is 2.34. The summed E-state index contributed by atoms with van der Waals surface area (Å²) in [6.45, 7) is 0.403. The van der Waals surface area contributed by atoms with Crippen molar-refractivity contribution in [3.63, 3.8) is 0 Å². The monoisotopic (exact) mass is 263 g/mol. The second-order valence-corrected chi connectivity index (χ2v) is 5.90. The first-order valence-corrected chi connectivity index (χ1v) is 7.31. The van der Waals surface area contributed by atoms with Gasteiger partial charge in [-0.2, -0.15) is 0 Å². The molecule has 0 spiro atoms. The molecule has 2 fully saturated rings. The van der Waals surface area contributed by atoms with Crippen LogP contribution in [0.15, 0.2) is 24.3 Å². The van der Waals surface area contributed by atoms with Crippen LogP contribution < -0.4 is 0 Å². The lowest BCUT2D eigenvalue weighted by Gasteiger charge is -2.46. The third-order valence-corrected chi connectivity index (χ3v) is 4.73. The van der Waals surface area contributed by atoms with Crippen molar-refractivity contribution >= 4 is 0 Å². The number of nitrogens with zero attached hydrogens (tertiary/aromatic N) is 1. The van der Waals surface area contributed by atoms with Crippen LogP contribution in [0.4, 0.5) is 4.39 Å². The Balaban J connectivity index is 1.58.